The number of aliphatic hydroxyl groups is 1. The Labute approximate surface area is 142 Å². The number of nitrogens with one attached hydrogen (secondary N) is 2. The first-order valence-electron chi connectivity index (χ1n) is 8.40. The van der Waals surface area contributed by atoms with E-state index in [9.17, 15) is 5.11 Å². The molecule has 0 saturated heterocycles. The molecule has 0 unspecified atom stereocenters. The fraction of sp³-hybridized carbons (Fsp3) is 0.500. The van der Waals surface area contributed by atoms with Crippen molar-refractivity contribution < 1.29 is 5.11 Å². The van der Waals surface area contributed by atoms with Crippen LogP contribution in [0.4, 0.5) is 11.8 Å². The Morgan fingerprint density at radius 3 is 2.67 bits per heavy atom. The highest BCUT2D eigenvalue weighted by Gasteiger charge is 2.20. The van der Waals surface area contributed by atoms with E-state index < -0.39 is 0 Å². The molecule has 2 heterocycles. The van der Waals surface area contributed by atoms with Gasteiger partial charge in [-0.15, -0.1) is 6.42 Å². The lowest BCUT2D eigenvalue weighted by Crippen LogP contribution is -2.28. The van der Waals surface area contributed by atoms with Gasteiger partial charge < -0.3 is 15.7 Å². The average Bonchev–Trinajstić information content (AvgIpc) is 2.56. The van der Waals surface area contributed by atoms with Gasteiger partial charge in [0.15, 0.2) is 5.82 Å². The molecule has 2 aromatic rings. The van der Waals surface area contributed by atoms with Crippen LogP contribution in [-0.2, 0) is 0 Å². The summed E-state index contributed by atoms with van der Waals surface area (Å²) in [5, 5.41) is 17.2. The van der Waals surface area contributed by atoms with Crippen molar-refractivity contribution in [2.24, 2.45) is 0 Å². The van der Waals surface area contributed by atoms with E-state index in [0.717, 1.165) is 36.6 Å². The third-order valence-electron chi connectivity index (χ3n) is 4.17. The van der Waals surface area contributed by atoms with Crippen LogP contribution in [0.15, 0.2) is 12.3 Å². The van der Waals surface area contributed by atoms with Crippen LogP contribution >= 0.6 is 0 Å². The number of aromatic nitrogens is 3. The summed E-state index contributed by atoms with van der Waals surface area (Å²) in [5.74, 6) is 3.84. The lowest BCUT2D eigenvalue weighted by molar-refractivity contribution is 0.126. The molecule has 1 aliphatic carbocycles. The third-order valence-corrected chi connectivity index (χ3v) is 4.17. The SMILES string of the molecule is C#Cc1cc2cnc(N[C@H]3CC[C@H](O)CC3)nc2c(NC(C)C)n1. The predicted octanol–water partition coefficient (Wildman–Crippen LogP) is 2.54. The van der Waals surface area contributed by atoms with Gasteiger partial charge in [0.05, 0.1) is 6.10 Å². The Hall–Kier alpha value is -2.39. The lowest BCUT2D eigenvalue weighted by atomic mass is 9.93. The molecule has 1 fully saturated rings. The lowest BCUT2D eigenvalue weighted by Gasteiger charge is -2.26. The van der Waals surface area contributed by atoms with Crippen LogP contribution in [-0.4, -0.2) is 38.2 Å². The molecular formula is C18H23N5O. The van der Waals surface area contributed by atoms with Crippen LogP contribution < -0.4 is 10.6 Å². The van der Waals surface area contributed by atoms with Crippen molar-refractivity contribution in [3.63, 3.8) is 0 Å². The summed E-state index contributed by atoms with van der Waals surface area (Å²) in [6.45, 7) is 4.09. The molecular weight excluding hydrogens is 302 g/mol. The molecule has 126 valence electrons. The molecule has 2 aromatic heterocycles. The maximum atomic E-state index is 9.61. The minimum atomic E-state index is -0.172. The number of aliphatic hydroxyl groups excluding tert-OH is 1. The van der Waals surface area contributed by atoms with Crippen LogP contribution in [0.3, 0.4) is 0 Å². The first-order chi connectivity index (χ1) is 11.5. The van der Waals surface area contributed by atoms with Crippen LogP contribution in [0.5, 0.6) is 0 Å². The standard InChI is InChI=1S/C18H23N5O/c1-4-13-9-12-10-19-18(22-14-5-7-15(24)8-6-14)23-16(12)17(21-13)20-11(2)3/h1,9-11,14-15,24H,5-8H2,2-3H3,(H,20,21)(H,19,22,23)/t14-,15-. The van der Waals surface area contributed by atoms with E-state index in [1.54, 1.807) is 6.20 Å². The number of terminal acetylenes is 1. The van der Waals surface area contributed by atoms with Gasteiger partial charge in [0.2, 0.25) is 5.95 Å². The maximum absolute atomic E-state index is 9.61. The smallest absolute Gasteiger partial charge is 0.223 e. The monoisotopic (exact) mass is 325 g/mol. The van der Waals surface area contributed by atoms with Crippen molar-refractivity contribution in [3.8, 4) is 12.3 Å². The number of pyridine rings is 1. The van der Waals surface area contributed by atoms with Crippen LogP contribution in [0.1, 0.15) is 45.2 Å². The zero-order chi connectivity index (χ0) is 17.1. The molecule has 0 aliphatic heterocycles. The van der Waals surface area contributed by atoms with Crippen molar-refractivity contribution in [2.45, 2.75) is 57.7 Å². The Morgan fingerprint density at radius 2 is 2.00 bits per heavy atom. The van der Waals surface area contributed by atoms with Crippen molar-refractivity contribution in [2.75, 3.05) is 10.6 Å². The van der Waals surface area contributed by atoms with E-state index >= 15 is 0 Å². The second-order valence-electron chi connectivity index (χ2n) is 6.58. The molecule has 6 nitrogen and oxygen atoms in total. The Balaban J connectivity index is 1.90. The fourth-order valence-corrected chi connectivity index (χ4v) is 2.96. The van der Waals surface area contributed by atoms with Gasteiger partial charge in [-0.05, 0) is 45.6 Å². The highest BCUT2D eigenvalue weighted by atomic mass is 16.3. The van der Waals surface area contributed by atoms with Gasteiger partial charge in [-0.2, -0.15) is 0 Å². The summed E-state index contributed by atoms with van der Waals surface area (Å²) in [4.78, 5) is 13.5. The first kappa shape index (κ1) is 16.5. The summed E-state index contributed by atoms with van der Waals surface area (Å²) in [6, 6.07) is 2.34. The topological polar surface area (TPSA) is 83.0 Å². The van der Waals surface area contributed by atoms with Crippen LogP contribution in [0.2, 0.25) is 0 Å². The first-order valence-corrected chi connectivity index (χ1v) is 8.40. The number of nitrogens with zero attached hydrogens (tertiary/aromatic N) is 3. The molecule has 1 aliphatic rings. The fourth-order valence-electron chi connectivity index (χ4n) is 2.96. The van der Waals surface area contributed by atoms with Gasteiger partial charge in [-0.3, -0.25) is 0 Å². The molecule has 0 amide bonds. The number of anilines is 2. The van der Waals surface area contributed by atoms with E-state index in [2.05, 4.69) is 31.5 Å². The average molecular weight is 325 g/mol. The molecule has 6 heteroatoms. The number of hydrogen-bond acceptors (Lipinski definition) is 6. The molecule has 0 atom stereocenters. The van der Waals surface area contributed by atoms with E-state index in [1.165, 1.54) is 0 Å². The number of fused-ring (bicyclic) bond motifs is 1. The molecule has 3 N–H and O–H groups in total. The van der Waals surface area contributed by atoms with Crippen LogP contribution in [0, 0.1) is 12.3 Å². The van der Waals surface area contributed by atoms with Crippen LogP contribution in [0.25, 0.3) is 10.9 Å². The number of rotatable bonds is 4. The quantitative estimate of drug-likeness (QED) is 0.749. The van der Waals surface area contributed by atoms with Gasteiger partial charge >= 0.3 is 0 Å². The van der Waals surface area contributed by atoms with E-state index in [4.69, 9.17) is 6.42 Å². The van der Waals surface area contributed by atoms with E-state index in [-0.39, 0.29) is 12.1 Å². The Kier molecular flexibility index (Phi) is 4.81. The Morgan fingerprint density at radius 1 is 1.25 bits per heavy atom. The molecule has 0 bridgehead atoms. The second kappa shape index (κ2) is 7.02. The molecule has 0 spiro atoms. The summed E-state index contributed by atoms with van der Waals surface area (Å²) >= 11 is 0. The minimum absolute atomic E-state index is 0.172. The van der Waals surface area contributed by atoms with Gasteiger partial charge in [0.1, 0.15) is 11.2 Å². The highest BCUT2D eigenvalue weighted by Crippen LogP contribution is 2.24. The molecule has 1 saturated carbocycles. The highest BCUT2D eigenvalue weighted by molar-refractivity contribution is 5.89. The summed E-state index contributed by atoms with van der Waals surface area (Å²) in [7, 11) is 0. The van der Waals surface area contributed by atoms with Crippen molar-refractivity contribution in [3.05, 3.63) is 18.0 Å². The Bertz CT molecular complexity index is 760. The minimum Gasteiger partial charge on any atom is -0.393 e. The van der Waals surface area contributed by atoms with Crippen molar-refractivity contribution in [1.82, 2.24) is 15.0 Å². The van der Waals surface area contributed by atoms with E-state index in [0.29, 0.717) is 23.5 Å². The maximum Gasteiger partial charge on any atom is 0.223 e. The predicted molar refractivity (Wildman–Crippen MR) is 95.9 cm³/mol. The van der Waals surface area contributed by atoms with Gasteiger partial charge in [-0.25, -0.2) is 15.0 Å². The summed E-state index contributed by atoms with van der Waals surface area (Å²) in [5.41, 5.74) is 1.33. The molecule has 0 aromatic carbocycles. The van der Waals surface area contributed by atoms with Crippen molar-refractivity contribution >= 4 is 22.7 Å². The van der Waals surface area contributed by atoms with Gasteiger partial charge in [-0.1, -0.05) is 5.92 Å². The summed E-state index contributed by atoms with van der Waals surface area (Å²) in [6.07, 6.45) is 10.6. The van der Waals surface area contributed by atoms with Crippen molar-refractivity contribution in [1.29, 1.82) is 0 Å². The summed E-state index contributed by atoms with van der Waals surface area (Å²) < 4.78 is 0. The zero-order valence-corrected chi connectivity index (χ0v) is 14.1. The molecule has 3 rings (SSSR count). The van der Waals surface area contributed by atoms with E-state index in [1.807, 2.05) is 19.9 Å². The largest absolute Gasteiger partial charge is 0.393 e. The van der Waals surface area contributed by atoms with Gasteiger partial charge in [0.25, 0.3) is 0 Å². The third kappa shape index (κ3) is 3.74. The second-order valence-corrected chi connectivity index (χ2v) is 6.58. The van der Waals surface area contributed by atoms with Gasteiger partial charge in [0, 0.05) is 23.7 Å². The normalized spacial score (nSPS) is 20.8. The number of hydrogen-bond donors (Lipinski definition) is 3. The zero-order valence-electron chi connectivity index (χ0n) is 14.1. The molecule has 24 heavy (non-hydrogen) atoms. The molecule has 0 radical (unpaired) electrons.